The van der Waals surface area contributed by atoms with Crippen LogP contribution >= 0.6 is 0 Å². The highest BCUT2D eigenvalue weighted by Crippen LogP contribution is 2.34. The number of hydrogen-bond donors (Lipinski definition) is 0. The maximum absolute atomic E-state index is 13.4. The van der Waals surface area contributed by atoms with E-state index in [1.807, 2.05) is 30.3 Å². The molecule has 0 aliphatic carbocycles. The molecule has 1 aliphatic rings. The Morgan fingerprint density at radius 2 is 1.22 bits per heavy atom. The van der Waals surface area contributed by atoms with E-state index in [1.54, 1.807) is 27.4 Å². The normalized spacial score (nSPS) is 17.1. The molecule has 1 saturated heterocycles. The first-order valence-corrected chi connectivity index (χ1v) is 12.0. The van der Waals surface area contributed by atoms with Crippen LogP contribution in [0.2, 0.25) is 0 Å². The molecule has 0 unspecified atom stereocenters. The summed E-state index contributed by atoms with van der Waals surface area (Å²) < 4.78 is 54.6. The molecule has 0 radical (unpaired) electrons. The minimum Gasteiger partial charge on any atom is -0.493 e. The van der Waals surface area contributed by atoms with Crippen molar-refractivity contribution < 1.29 is 32.5 Å². The first kappa shape index (κ1) is 25.8. The summed E-state index contributed by atoms with van der Waals surface area (Å²) in [6.45, 7) is 1.76. The van der Waals surface area contributed by atoms with E-state index >= 15 is 0 Å². The second-order valence-corrected chi connectivity index (χ2v) is 8.99. The van der Waals surface area contributed by atoms with Gasteiger partial charge in [-0.3, -0.25) is 0 Å². The van der Waals surface area contributed by atoms with Crippen LogP contribution in [0.15, 0.2) is 54.6 Å². The maximum atomic E-state index is 13.4. The molecule has 0 saturated carbocycles. The van der Waals surface area contributed by atoms with Gasteiger partial charge in [0.1, 0.15) is 0 Å². The average molecular weight is 499 g/mol. The van der Waals surface area contributed by atoms with E-state index in [1.165, 1.54) is 11.6 Å². The van der Waals surface area contributed by atoms with Crippen LogP contribution in [0.4, 0.5) is 8.78 Å². The zero-order chi connectivity index (χ0) is 25.5. The molecule has 4 rings (SSSR count). The molecule has 1 aliphatic heterocycles. The highest BCUT2D eigenvalue weighted by molar-refractivity contribution is 5.44. The van der Waals surface area contributed by atoms with E-state index in [9.17, 15) is 8.78 Å². The van der Waals surface area contributed by atoms with E-state index < -0.39 is 11.6 Å². The molecule has 36 heavy (non-hydrogen) atoms. The van der Waals surface area contributed by atoms with Gasteiger partial charge in [-0.05, 0) is 77.8 Å². The van der Waals surface area contributed by atoms with Crippen molar-refractivity contribution in [2.24, 2.45) is 11.8 Å². The summed E-state index contributed by atoms with van der Waals surface area (Å²) >= 11 is 0. The minimum atomic E-state index is -0.852. The molecule has 0 spiro atoms. The first-order chi connectivity index (χ1) is 17.5. The second-order valence-electron chi connectivity index (χ2n) is 8.99. The van der Waals surface area contributed by atoms with E-state index in [4.69, 9.17) is 23.7 Å². The van der Waals surface area contributed by atoms with Crippen molar-refractivity contribution in [1.29, 1.82) is 0 Å². The van der Waals surface area contributed by atoms with Crippen LogP contribution in [-0.4, -0.2) is 41.2 Å². The predicted molar refractivity (Wildman–Crippen MR) is 133 cm³/mol. The summed E-state index contributed by atoms with van der Waals surface area (Å²) in [6.07, 6.45) is 2.22. The Morgan fingerprint density at radius 1 is 0.667 bits per heavy atom. The van der Waals surface area contributed by atoms with Gasteiger partial charge < -0.3 is 23.7 Å². The molecular weight excluding hydrogens is 466 g/mol. The quantitative estimate of drug-likeness (QED) is 0.341. The van der Waals surface area contributed by atoms with Crippen molar-refractivity contribution in [3.05, 3.63) is 82.9 Å². The first-order valence-electron chi connectivity index (χ1n) is 12.0. The lowest BCUT2D eigenvalue weighted by Crippen LogP contribution is -2.17. The molecule has 192 valence electrons. The van der Waals surface area contributed by atoms with Gasteiger partial charge in [-0.1, -0.05) is 18.2 Å². The van der Waals surface area contributed by atoms with Gasteiger partial charge in [-0.15, -0.1) is 0 Å². The van der Waals surface area contributed by atoms with E-state index in [0.29, 0.717) is 48.5 Å². The van der Waals surface area contributed by atoms with Gasteiger partial charge in [-0.25, -0.2) is 8.78 Å². The third-order valence-corrected chi connectivity index (χ3v) is 6.63. The summed E-state index contributed by atoms with van der Waals surface area (Å²) in [5, 5.41) is 0. The van der Waals surface area contributed by atoms with Crippen molar-refractivity contribution in [3.8, 4) is 23.0 Å². The Kier molecular flexibility index (Phi) is 8.65. The molecule has 2 atom stereocenters. The van der Waals surface area contributed by atoms with Crippen LogP contribution in [0.5, 0.6) is 23.0 Å². The van der Waals surface area contributed by atoms with Gasteiger partial charge in [0.15, 0.2) is 34.6 Å². The fraction of sp³-hybridized carbons (Fsp3) is 0.379. The summed E-state index contributed by atoms with van der Waals surface area (Å²) in [7, 11) is 4.89. The Hall–Kier alpha value is -3.32. The Labute approximate surface area is 210 Å². The van der Waals surface area contributed by atoms with Crippen LogP contribution < -0.4 is 18.9 Å². The van der Waals surface area contributed by atoms with Gasteiger partial charge in [0.25, 0.3) is 0 Å². The summed E-state index contributed by atoms with van der Waals surface area (Å²) in [5.41, 5.74) is 3.01. The molecule has 1 fully saturated rings. The molecule has 3 aromatic carbocycles. The third kappa shape index (κ3) is 6.26. The van der Waals surface area contributed by atoms with Gasteiger partial charge >= 0.3 is 0 Å². The largest absolute Gasteiger partial charge is 0.493 e. The molecule has 0 aromatic heterocycles. The standard InChI is InChI=1S/C29H32F2O5/c1-32-26-8-5-20(15-28(26)33-2)12-22-17-35-18-23(22)13-21-6-9-27(29(16-21)34-3)36-11-10-19-4-7-24(30)25(31)14-19/h4-9,14-16,22-23H,10-13,17-18H2,1-3H3/t22-,23-/m0/s1. The van der Waals surface area contributed by atoms with Crippen LogP contribution in [0, 0.1) is 23.5 Å². The van der Waals surface area contributed by atoms with Crippen LogP contribution in [0.1, 0.15) is 16.7 Å². The van der Waals surface area contributed by atoms with Crippen molar-refractivity contribution in [2.45, 2.75) is 19.3 Å². The Morgan fingerprint density at radius 3 is 1.81 bits per heavy atom. The van der Waals surface area contributed by atoms with E-state index in [0.717, 1.165) is 42.6 Å². The van der Waals surface area contributed by atoms with Crippen molar-refractivity contribution in [2.75, 3.05) is 41.2 Å². The molecule has 5 nitrogen and oxygen atoms in total. The Bertz CT molecular complexity index is 1170. The molecule has 1 heterocycles. The SMILES string of the molecule is COc1ccc(C[C@H]2COC[C@@H]2Cc2ccc(OCCc3ccc(F)c(F)c3)c(OC)c2)cc1OC. The lowest BCUT2D eigenvalue weighted by molar-refractivity contribution is 0.180. The highest BCUT2D eigenvalue weighted by atomic mass is 19.2. The molecule has 3 aromatic rings. The van der Waals surface area contributed by atoms with Gasteiger partial charge in [-0.2, -0.15) is 0 Å². The number of halogens is 2. The summed E-state index contributed by atoms with van der Waals surface area (Å²) in [4.78, 5) is 0. The van der Waals surface area contributed by atoms with Crippen molar-refractivity contribution in [3.63, 3.8) is 0 Å². The van der Waals surface area contributed by atoms with Crippen LogP contribution in [-0.2, 0) is 24.0 Å². The predicted octanol–water partition coefficient (Wildman–Crippen LogP) is 5.66. The fourth-order valence-corrected chi connectivity index (χ4v) is 4.64. The summed E-state index contributed by atoms with van der Waals surface area (Å²) in [6, 6.07) is 15.9. The number of benzene rings is 3. The van der Waals surface area contributed by atoms with Gasteiger partial charge in [0.05, 0.1) is 41.2 Å². The molecule has 0 amide bonds. The lowest BCUT2D eigenvalue weighted by atomic mass is 9.85. The number of rotatable bonds is 11. The third-order valence-electron chi connectivity index (χ3n) is 6.63. The topological polar surface area (TPSA) is 46.2 Å². The van der Waals surface area contributed by atoms with Gasteiger partial charge in [0, 0.05) is 6.42 Å². The monoisotopic (exact) mass is 498 g/mol. The smallest absolute Gasteiger partial charge is 0.161 e. The highest BCUT2D eigenvalue weighted by Gasteiger charge is 2.29. The van der Waals surface area contributed by atoms with Crippen molar-refractivity contribution in [1.82, 2.24) is 0 Å². The zero-order valence-electron chi connectivity index (χ0n) is 20.9. The molecule has 0 bridgehead atoms. The molecular formula is C29H32F2O5. The minimum absolute atomic E-state index is 0.324. The second kappa shape index (κ2) is 12.1. The van der Waals surface area contributed by atoms with Gasteiger partial charge in [0.2, 0.25) is 0 Å². The Balaban J connectivity index is 1.37. The molecule has 7 heteroatoms. The lowest BCUT2D eigenvalue weighted by Gasteiger charge is -2.19. The summed E-state index contributed by atoms with van der Waals surface area (Å²) in [5.74, 6) is 1.78. The van der Waals surface area contributed by atoms with E-state index in [2.05, 4.69) is 6.07 Å². The molecule has 0 N–H and O–H groups in total. The van der Waals surface area contributed by atoms with Crippen LogP contribution in [0.3, 0.4) is 0 Å². The number of hydrogen-bond acceptors (Lipinski definition) is 5. The average Bonchev–Trinajstić information content (AvgIpc) is 3.32. The van der Waals surface area contributed by atoms with E-state index in [-0.39, 0.29) is 0 Å². The number of methoxy groups -OCH3 is 3. The zero-order valence-corrected chi connectivity index (χ0v) is 20.9. The number of ether oxygens (including phenoxy) is 5. The van der Waals surface area contributed by atoms with Crippen LogP contribution in [0.25, 0.3) is 0 Å². The maximum Gasteiger partial charge on any atom is 0.161 e. The fourth-order valence-electron chi connectivity index (χ4n) is 4.64. The van der Waals surface area contributed by atoms with Crippen molar-refractivity contribution >= 4 is 0 Å².